The van der Waals surface area contributed by atoms with Crippen molar-refractivity contribution in [3.05, 3.63) is 0 Å². The molecule has 0 aromatic carbocycles. The van der Waals surface area contributed by atoms with Gasteiger partial charge in [-0.2, -0.15) is 5.48 Å². The van der Waals surface area contributed by atoms with E-state index in [0.29, 0.717) is 24.0 Å². The number of hydrogen-bond acceptors (Lipinski definition) is 2. The molecular weight excluding hydrogens is 126 g/mol. The average molecular weight is 143 g/mol. The molecule has 1 N–H and O–H groups in total. The monoisotopic (exact) mass is 143 g/mol. The first kappa shape index (κ1) is 8.02. The molecule has 60 valence electrons. The maximum atomic E-state index is 5.39. The van der Waals surface area contributed by atoms with Crippen molar-refractivity contribution in [3.8, 4) is 0 Å². The van der Waals surface area contributed by atoms with Gasteiger partial charge in [-0.3, -0.25) is 4.84 Å². The van der Waals surface area contributed by atoms with Gasteiger partial charge in [0.05, 0.1) is 6.10 Å². The van der Waals surface area contributed by atoms with Crippen molar-refractivity contribution in [2.24, 2.45) is 11.8 Å². The van der Waals surface area contributed by atoms with Gasteiger partial charge in [0, 0.05) is 12.0 Å². The first-order valence-corrected chi connectivity index (χ1v) is 4.04. The van der Waals surface area contributed by atoms with Crippen LogP contribution in [0.2, 0.25) is 0 Å². The van der Waals surface area contributed by atoms with Crippen molar-refractivity contribution >= 4 is 0 Å². The van der Waals surface area contributed by atoms with E-state index in [1.54, 1.807) is 0 Å². The third kappa shape index (κ3) is 1.32. The average Bonchev–Trinajstić information content (AvgIpc) is 2.14. The molecule has 2 heteroatoms. The summed E-state index contributed by atoms with van der Waals surface area (Å²) in [7, 11) is 0. The molecule has 1 rings (SSSR count). The van der Waals surface area contributed by atoms with Gasteiger partial charge in [-0.15, -0.1) is 0 Å². The second kappa shape index (κ2) is 2.89. The number of hydroxylamine groups is 1. The van der Waals surface area contributed by atoms with Crippen LogP contribution in [0, 0.1) is 11.8 Å². The summed E-state index contributed by atoms with van der Waals surface area (Å²) < 4.78 is 0. The summed E-state index contributed by atoms with van der Waals surface area (Å²) in [6, 6.07) is 0.507. The number of hydrogen-bond donors (Lipinski definition) is 1. The molecule has 1 aliphatic heterocycles. The lowest BCUT2D eigenvalue weighted by Gasteiger charge is -2.17. The molecule has 0 saturated carbocycles. The SMILES string of the molecule is CC(C)C1ONC(C)C1C. The molecule has 3 atom stereocenters. The summed E-state index contributed by atoms with van der Waals surface area (Å²) in [5.74, 6) is 1.26. The third-order valence-electron chi connectivity index (χ3n) is 2.35. The molecule has 0 aliphatic carbocycles. The Morgan fingerprint density at radius 3 is 2.10 bits per heavy atom. The minimum atomic E-state index is 0.398. The molecule has 0 radical (unpaired) electrons. The quantitative estimate of drug-likeness (QED) is 0.601. The topological polar surface area (TPSA) is 21.3 Å². The van der Waals surface area contributed by atoms with Gasteiger partial charge in [-0.25, -0.2) is 0 Å². The van der Waals surface area contributed by atoms with Crippen LogP contribution in [-0.4, -0.2) is 12.1 Å². The summed E-state index contributed by atoms with van der Waals surface area (Å²) in [5.41, 5.74) is 3.00. The van der Waals surface area contributed by atoms with E-state index >= 15 is 0 Å². The van der Waals surface area contributed by atoms with Gasteiger partial charge in [0.1, 0.15) is 0 Å². The fourth-order valence-electron chi connectivity index (χ4n) is 1.43. The van der Waals surface area contributed by atoms with Gasteiger partial charge in [0.2, 0.25) is 0 Å². The van der Waals surface area contributed by atoms with Gasteiger partial charge >= 0.3 is 0 Å². The van der Waals surface area contributed by atoms with Crippen LogP contribution in [0.15, 0.2) is 0 Å². The zero-order valence-corrected chi connectivity index (χ0v) is 7.22. The number of rotatable bonds is 1. The Bertz CT molecular complexity index is 114. The van der Waals surface area contributed by atoms with Gasteiger partial charge in [0.25, 0.3) is 0 Å². The largest absolute Gasteiger partial charge is 0.298 e. The standard InChI is InChI=1S/C8H17NO/c1-5(2)8-6(3)7(4)9-10-8/h5-9H,1-4H3. The Morgan fingerprint density at radius 2 is 1.90 bits per heavy atom. The second-order valence-electron chi connectivity index (χ2n) is 3.59. The lowest BCUT2D eigenvalue weighted by atomic mass is 9.91. The van der Waals surface area contributed by atoms with Crippen LogP contribution in [0.4, 0.5) is 0 Å². The Labute approximate surface area is 62.9 Å². The lowest BCUT2D eigenvalue weighted by molar-refractivity contribution is -0.00472. The van der Waals surface area contributed by atoms with E-state index in [-0.39, 0.29) is 0 Å². The van der Waals surface area contributed by atoms with E-state index in [4.69, 9.17) is 4.84 Å². The summed E-state index contributed by atoms with van der Waals surface area (Å²) in [6.07, 6.45) is 0.398. The highest BCUT2D eigenvalue weighted by Gasteiger charge is 2.32. The van der Waals surface area contributed by atoms with Gasteiger partial charge in [-0.05, 0) is 12.8 Å². The Balaban J connectivity index is 2.49. The van der Waals surface area contributed by atoms with E-state index in [9.17, 15) is 0 Å². The van der Waals surface area contributed by atoms with Gasteiger partial charge in [0.15, 0.2) is 0 Å². The van der Waals surface area contributed by atoms with E-state index in [1.165, 1.54) is 0 Å². The molecular formula is C8H17NO. The maximum absolute atomic E-state index is 5.39. The molecule has 1 heterocycles. The van der Waals surface area contributed by atoms with Crippen molar-refractivity contribution in [3.63, 3.8) is 0 Å². The van der Waals surface area contributed by atoms with Crippen molar-refractivity contribution in [2.75, 3.05) is 0 Å². The van der Waals surface area contributed by atoms with Crippen molar-refractivity contribution in [2.45, 2.75) is 39.8 Å². The van der Waals surface area contributed by atoms with Gasteiger partial charge in [-0.1, -0.05) is 20.8 Å². The minimum Gasteiger partial charge on any atom is -0.298 e. The Morgan fingerprint density at radius 1 is 1.30 bits per heavy atom. The fourth-order valence-corrected chi connectivity index (χ4v) is 1.43. The molecule has 1 saturated heterocycles. The molecule has 0 amide bonds. The summed E-state index contributed by atoms with van der Waals surface area (Å²) in [5, 5.41) is 0. The normalized spacial score (nSPS) is 41.1. The van der Waals surface area contributed by atoms with Crippen LogP contribution in [0.1, 0.15) is 27.7 Å². The molecule has 2 nitrogen and oxygen atoms in total. The van der Waals surface area contributed by atoms with Crippen LogP contribution in [-0.2, 0) is 4.84 Å². The lowest BCUT2D eigenvalue weighted by Crippen LogP contribution is -2.24. The summed E-state index contributed by atoms with van der Waals surface area (Å²) in [4.78, 5) is 5.39. The number of nitrogens with one attached hydrogen (secondary N) is 1. The van der Waals surface area contributed by atoms with Crippen LogP contribution in [0.25, 0.3) is 0 Å². The summed E-state index contributed by atoms with van der Waals surface area (Å²) >= 11 is 0. The molecule has 0 spiro atoms. The first-order chi connectivity index (χ1) is 4.63. The molecule has 1 fully saturated rings. The van der Waals surface area contributed by atoms with E-state index in [1.807, 2.05) is 0 Å². The smallest absolute Gasteiger partial charge is 0.0854 e. The molecule has 0 aromatic rings. The zero-order chi connectivity index (χ0) is 7.72. The van der Waals surface area contributed by atoms with E-state index in [2.05, 4.69) is 33.2 Å². The van der Waals surface area contributed by atoms with E-state index in [0.717, 1.165) is 0 Å². The predicted molar refractivity (Wildman–Crippen MR) is 41.5 cm³/mol. The molecule has 10 heavy (non-hydrogen) atoms. The molecule has 1 aliphatic rings. The van der Waals surface area contributed by atoms with Crippen molar-refractivity contribution in [1.82, 2.24) is 5.48 Å². The molecule has 0 aromatic heterocycles. The highest BCUT2D eigenvalue weighted by atomic mass is 16.7. The van der Waals surface area contributed by atoms with Crippen LogP contribution in [0.5, 0.6) is 0 Å². The third-order valence-corrected chi connectivity index (χ3v) is 2.35. The second-order valence-corrected chi connectivity index (χ2v) is 3.59. The summed E-state index contributed by atoms with van der Waals surface area (Å²) in [6.45, 7) is 8.78. The van der Waals surface area contributed by atoms with Crippen LogP contribution in [0.3, 0.4) is 0 Å². The van der Waals surface area contributed by atoms with Gasteiger partial charge < -0.3 is 0 Å². The van der Waals surface area contributed by atoms with Crippen molar-refractivity contribution in [1.29, 1.82) is 0 Å². The van der Waals surface area contributed by atoms with Crippen molar-refractivity contribution < 1.29 is 4.84 Å². The zero-order valence-electron chi connectivity index (χ0n) is 7.22. The Hall–Kier alpha value is -0.0800. The highest BCUT2D eigenvalue weighted by molar-refractivity contribution is 4.80. The van der Waals surface area contributed by atoms with Crippen LogP contribution < -0.4 is 5.48 Å². The molecule has 0 bridgehead atoms. The minimum absolute atomic E-state index is 0.398. The molecule has 3 unspecified atom stereocenters. The van der Waals surface area contributed by atoms with Crippen LogP contribution >= 0.6 is 0 Å². The maximum Gasteiger partial charge on any atom is 0.0854 e. The first-order valence-electron chi connectivity index (χ1n) is 4.04. The Kier molecular flexibility index (Phi) is 2.32. The fraction of sp³-hybridized carbons (Fsp3) is 1.00. The predicted octanol–water partition coefficient (Wildman–Crippen LogP) is 1.57. The van der Waals surface area contributed by atoms with E-state index < -0.39 is 0 Å². The highest BCUT2D eigenvalue weighted by Crippen LogP contribution is 2.23.